The van der Waals surface area contributed by atoms with Crippen molar-refractivity contribution >= 4 is 23.8 Å². The number of likely N-dealkylation sites (N-methyl/N-ethyl adjacent to an activating group) is 1. The third-order valence-corrected chi connectivity index (χ3v) is 5.19. The van der Waals surface area contributed by atoms with Gasteiger partial charge in [-0.2, -0.15) is 11.8 Å². The normalized spacial score (nSPS) is 21.8. The summed E-state index contributed by atoms with van der Waals surface area (Å²) in [6.45, 7) is 7.54. The van der Waals surface area contributed by atoms with E-state index in [2.05, 4.69) is 24.5 Å². The van der Waals surface area contributed by atoms with Crippen molar-refractivity contribution in [3.8, 4) is 0 Å². The van der Waals surface area contributed by atoms with Crippen molar-refractivity contribution in [3.63, 3.8) is 0 Å². The summed E-state index contributed by atoms with van der Waals surface area (Å²) < 4.78 is 0.0278. The van der Waals surface area contributed by atoms with E-state index >= 15 is 0 Å². The average Bonchev–Trinajstić information content (AvgIpc) is 2.37. The van der Waals surface area contributed by atoms with Gasteiger partial charge in [-0.05, 0) is 39.5 Å². The van der Waals surface area contributed by atoms with E-state index in [0.29, 0.717) is 6.54 Å². The van der Waals surface area contributed by atoms with E-state index in [-0.39, 0.29) is 29.4 Å². The maximum absolute atomic E-state index is 11.8. The van der Waals surface area contributed by atoms with Crippen molar-refractivity contribution in [2.24, 2.45) is 0 Å². The van der Waals surface area contributed by atoms with Crippen molar-refractivity contribution in [1.29, 1.82) is 0 Å². The van der Waals surface area contributed by atoms with Crippen LogP contribution in [0.25, 0.3) is 0 Å². The van der Waals surface area contributed by atoms with Crippen LogP contribution >= 0.6 is 11.8 Å². The van der Waals surface area contributed by atoms with Crippen LogP contribution in [0.5, 0.6) is 0 Å². The van der Waals surface area contributed by atoms with Gasteiger partial charge in [0.25, 0.3) is 0 Å². The topological polar surface area (TPSA) is 81.7 Å². The van der Waals surface area contributed by atoms with Gasteiger partial charge in [0.15, 0.2) is 0 Å². The maximum Gasteiger partial charge on any atom is 0.317 e. The molecule has 0 aromatic rings. The molecule has 2 amide bonds. The lowest BCUT2D eigenvalue weighted by atomic mass is 9.85. The molecule has 1 aliphatic rings. The number of nitrogens with one attached hydrogen (secondary N) is 2. The fourth-order valence-corrected chi connectivity index (χ4v) is 2.49. The molecule has 0 heterocycles. The summed E-state index contributed by atoms with van der Waals surface area (Å²) in [5, 5.41) is 14.7. The van der Waals surface area contributed by atoms with E-state index in [9.17, 15) is 9.59 Å². The molecular formula is C14H27N3O3S. The molecule has 21 heavy (non-hydrogen) atoms. The number of hydrogen-bond donors (Lipinski definition) is 3. The predicted octanol–water partition coefficient (Wildman–Crippen LogP) is 1.36. The molecule has 1 aliphatic carbocycles. The number of amides is 2. The van der Waals surface area contributed by atoms with Gasteiger partial charge in [0.2, 0.25) is 0 Å². The van der Waals surface area contributed by atoms with Crippen molar-refractivity contribution in [2.45, 2.75) is 50.4 Å². The fraction of sp³-hybridized carbons (Fsp3) is 0.857. The molecule has 122 valence electrons. The molecule has 0 unspecified atom stereocenters. The molecule has 7 heteroatoms. The van der Waals surface area contributed by atoms with Crippen molar-refractivity contribution in [3.05, 3.63) is 0 Å². The molecule has 0 spiro atoms. The standard InChI is InChI=1S/C14H27N3O3S/c1-5-17(8-12(18)19)11-6-10(7-11)16-13(20)15-9-14(2,3)21-4/h10-11H,5-9H2,1-4H3,(H,18,19)(H2,15,16,20). The van der Waals surface area contributed by atoms with Crippen LogP contribution in [0.2, 0.25) is 0 Å². The number of urea groups is 1. The first-order chi connectivity index (χ1) is 9.77. The second-order valence-corrected chi connectivity index (χ2v) is 7.58. The Hall–Kier alpha value is -0.950. The lowest BCUT2D eigenvalue weighted by Gasteiger charge is -2.42. The minimum absolute atomic E-state index is 0.0278. The fourth-order valence-electron chi connectivity index (χ4n) is 2.28. The zero-order chi connectivity index (χ0) is 16.0. The molecule has 0 aliphatic heterocycles. The van der Waals surface area contributed by atoms with E-state index in [0.717, 1.165) is 19.4 Å². The summed E-state index contributed by atoms with van der Waals surface area (Å²) >= 11 is 1.72. The van der Waals surface area contributed by atoms with E-state index in [1.165, 1.54) is 0 Å². The van der Waals surface area contributed by atoms with Crippen LogP contribution in [0.1, 0.15) is 33.6 Å². The minimum atomic E-state index is -0.801. The highest BCUT2D eigenvalue weighted by molar-refractivity contribution is 7.99. The van der Waals surface area contributed by atoms with Gasteiger partial charge in [0.05, 0.1) is 6.54 Å². The maximum atomic E-state index is 11.8. The molecular weight excluding hydrogens is 290 g/mol. The lowest BCUT2D eigenvalue weighted by molar-refractivity contribution is -0.139. The van der Waals surface area contributed by atoms with Gasteiger partial charge < -0.3 is 15.7 Å². The molecule has 1 saturated carbocycles. The summed E-state index contributed by atoms with van der Waals surface area (Å²) in [6, 6.07) is 0.274. The predicted molar refractivity (Wildman–Crippen MR) is 85.8 cm³/mol. The second-order valence-electron chi connectivity index (χ2n) is 6.07. The van der Waals surface area contributed by atoms with E-state index in [4.69, 9.17) is 5.11 Å². The number of carbonyl (C=O) groups is 2. The SMILES string of the molecule is CCN(CC(=O)O)C1CC(NC(=O)NCC(C)(C)SC)C1. The van der Waals surface area contributed by atoms with Gasteiger partial charge in [-0.3, -0.25) is 9.69 Å². The van der Waals surface area contributed by atoms with Crippen molar-refractivity contribution < 1.29 is 14.7 Å². The largest absolute Gasteiger partial charge is 0.480 e. The van der Waals surface area contributed by atoms with Gasteiger partial charge in [-0.1, -0.05) is 6.92 Å². The third kappa shape index (κ3) is 6.13. The van der Waals surface area contributed by atoms with E-state index < -0.39 is 5.97 Å². The Morgan fingerprint density at radius 1 is 1.38 bits per heavy atom. The first-order valence-corrected chi connectivity index (χ1v) is 8.55. The molecule has 0 radical (unpaired) electrons. The van der Waals surface area contributed by atoms with Crippen LogP contribution in [0, 0.1) is 0 Å². The summed E-state index contributed by atoms with van der Waals surface area (Å²) in [4.78, 5) is 24.5. The number of hydrogen-bond acceptors (Lipinski definition) is 4. The van der Waals surface area contributed by atoms with Crippen molar-refractivity contribution in [2.75, 3.05) is 25.9 Å². The number of aliphatic carboxylic acids is 1. The van der Waals surface area contributed by atoms with Crippen LogP contribution in [-0.2, 0) is 4.79 Å². The van der Waals surface area contributed by atoms with Gasteiger partial charge in [-0.25, -0.2) is 4.79 Å². The zero-order valence-corrected chi connectivity index (χ0v) is 14.1. The minimum Gasteiger partial charge on any atom is -0.480 e. The average molecular weight is 317 g/mol. The Labute approximate surface area is 131 Å². The molecule has 0 aromatic carbocycles. The Balaban J connectivity index is 2.25. The number of carboxylic acids is 1. The number of thioether (sulfide) groups is 1. The van der Waals surface area contributed by atoms with Crippen molar-refractivity contribution in [1.82, 2.24) is 15.5 Å². The highest BCUT2D eigenvalue weighted by Gasteiger charge is 2.34. The molecule has 1 rings (SSSR count). The van der Waals surface area contributed by atoms with Gasteiger partial charge in [-0.15, -0.1) is 0 Å². The van der Waals surface area contributed by atoms with Crippen LogP contribution in [0.15, 0.2) is 0 Å². The molecule has 0 bridgehead atoms. The summed E-state index contributed by atoms with van der Waals surface area (Å²) in [5.74, 6) is -0.801. The quantitative estimate of drug-likeness (QED) is 0.630. The summed E-state index contributed by atoms with van der Waals surface area (Å²) in [6.07, 6.45) is 3.67. The Bertz CT molecular complexity index is 370. The third-order valence-electron chi connectivity index (χ3n) is 3.94. The van der Waals surface area contributed by atoms with Crippen LogP contribution < -0.4 is 10.6 Å². The monoisotopic (exact) mass is 317 g/mol. The molecule has 0 atom stereocenters. The Morgan fingerprint density at radius 3 is 2.48 bits per heavy atom. The van der Waals surface area contributed by atoms with Crippen LogP contribution in [0.4, 0.5) is 4.79 Å². The number of carboxylic acid groups (broad SMARTS) is 1. The van der Waals surface area contributed by atoms with Crippen LogP contribution in [0.3, 0.4) is 0 Å². The summed E-state index contributed by atoms with van der Waals surface area (Å²) in [7, 11) is 0. The first kappa shape index (κ1) is 18.1. The zero-order valence-electron chi connectivity index (χ0n) is 13.3. The lowest BCUT2D eigenvalue weighted by Crippen LogP contribution is -2.56. The molecule has 3 N–H and O–H groups in total. The smallest absolute Gasteiger partial charge is 0.317 e. The molecule has 1 fully saturated rings. The Morgan fingerprint density at radius 2 is 2.00 bits per heavy atom. The molecule has 6 nitrogen and oxygen atoms in total. The molecule has 0 aromatic heterocycles. The van der Waals surface area contributed by atoms with Gasteiger partial charge in [0.1, 0.15) is 0 Å². The summed E-state index contributed by atoms with van der Waals surface area (Å²) in [5.41, 5.74) is 0. The van der Waals surface area contributed by atoms with Gasteiger partial charge >= 0.3 is 12.0 Å². The van der Waals surface area contributed by atoms with E-state index in [1.807, 2.05) is 18.1 Å². The molecule has 0 saturated heterocycles. The Kier molecular flexibility index (Phi) is 6.80. The highest BCUT2D eigenvalue weighted by atomic mass is 32.2. The van der Waals surface area contributed by atoms with Crippen LogP contribution in [-0.4, -0.2) is 64.7 Å². The number of rotatable bonds is 8. The highest BCUT2D eigenvalue weighted by Crippen LogP contribution is 2.25. The van der Waals surface area contributed by atoms with Gasteiger partial charge in [0, 0.05) is 23.4 Å². The first-order valence-electron chi connectivity index (χ1n) is 7.32. The number of carbonyl (C=O) groups excluding carboxylic acids is 1. The second kappa shape index (κ2) is 7.89. The number of nitrogens with zero attached hydrogens (tertiary/aromatic N) is 1. The van der Waals surface area contributed by atoms with E-state index in [1.54, 1.807) is 11.8 Å².